The first kappa shape index (κ1) is 22.4. The first-order valence-corrected chi connectivity index (χ1v) is 9.19. The third-order valence-corrected chi connectivity index (χ3v) is 4.84. The highest BCUT2D eigenvalue weighted by Gasteiger charge is 2.33. The van der Waals surface area contributed by atoms with Gasteiger partial charge in [-0.25, -0.2) is 9.59 Å². The molecule has 12 heteroatoms. The molecular formula is C17H18F3N3O5S. The number of carbonyl (C=O) groups excluding carboxylic acids is 3. The first-order chi connectivity index (χ1) is 13.6. The second kappa shape index (κ2) is 9.07. The SMILES string of the molecule is CCCOC(=O)c1c(NC(=O)Cn2ccc(C(F)(F)F)n2)sc(C(=O)OC)c1C. The summed E-state index contributed by atoms with van der Waals surface area (Å²) in [6.45, 7) is 2.92. The Balaban J connectivity index is 2.25. The molecule has 0 atom stereocenters. The van der Waals surface area contributed by atoms with Gasteiger partial charge in [0.25, 0.3) is 0 Å². The fourth-order valence-electron chi connectivity index (χ4n) is 2.32. The number of alkyl halides is 3. The number of hydrogen-bond donors (Lipinski definition) is 1. The molecule has 1 amide bonds. The Morgan fingerprint density at radius 2 is 1.97 bits per heavy atom. The Labute approximate surface area is 167 Å². The fourth-order valence-corrected chi connectivity index (χ4v) is 3.45. The molecule has 0 fully saturated rings. The summed E-state index contributed by atoms with van der Waals surface area (Å²) >= 11 is 0.812. The number of nitrogens with zero attached hydrogens (tertiary/aromatic N) is 2. The van der Waals surface area contributed by atoms with Crippen molar-refractivity contribution < 1.29 is 37.0 Å². The maximum Gasteiger partial charge on any atom is 0.435 e. The highest BCUT2D eigenvalue weighted by molar-refractivity contribution is 7.18. The largest absolute Gasteiger partial charge is 0.465 e. The number of halogens is 3. The molecule has 0 saturated carbocycles. The molecule has 2 rings (SSSR count). The second-order valence-electron chi connectivity index (χ2n) is 5.83. The van der Waals surface area contributed by atoms with Crippen LogP contribution in [0.1, 0.15) is 44.6 Å². The zero-order chi connectivity index (χ0) is 21.8. The number of thiophene rings is 1. The van der Waals surface area contributed by atoms with E-state index in [0.29, 0.717) is 6.42 Å². The summed E-state index contributed by atoms with van der Waals surface area (Å²) in [5, 5.41) is 5.77. The Hall–Kier alpha value is -2.89. The van der Waals surface area contributed by atoms with Gasteiger partial charge < -0.3 is 14.8 Å². The maximum atomic E-state index is 12.6. The zero-order valence-electron chi connectivity index (χ0n) is 15.8. The van der Waals surface area contributed by atoms with E-state index in [1.165, 1.54) is 14.0 Å². The summed E-state index contributed by atoms with van der Waals surface area (Å²) in [6, 6.07) is 0.742. The molecule has 2 heterocycles. The van der Waals surface area contributed by atoms with E-state index in [0.717, 1.165) is 28.3 Å². The molecule has 2 aromatic heterocycles. The number of amides is 1. The van der Waals surface area contributed by atoms with E-state index >= 15 is 0 Å². The Morgan fingerprint density at radius 3 is 2.52 bits per heavy atom. The normalized spacial score (nSPS) is 11.2. The average molecular weight is 433 g/mol. The molecule has 158 valence electrons. The molecule has 0 unspecified atom stereocenters. The number of hydrogen-bond acceptors (Lipinski definition) is 7. The van der Waals surface area contributed by atoms with Gasteiger partial charge >= 0.3 is 18.1 Å². The monoisotopic (exact) mass is 433 g/mol. The van der Waals surface area contributed by atoms with Crippen molar-refractivity contribution >= 4 is 34.2 Å². The van der Waals surface area contributed by atoms with Gasteiger partial charge in [-0.3, -0.25) is 9.48 Å². The Bertz CT molecular complexity index is 920. The van der Waals surface area contributed by atoms with Crippen LogP contribution in [0.15, 0.2) is 12.3 Å². The van der Waals surface area contributed by atoms with Gasteiger partial charge in [0.1, 0.15) is 16.4 Å². The highest BCUT2D eigenvalue weighted by Crippen LogP contribution is 2.34. The molecule has 0 spiro atoms. The molecule has 29 heavy (non-hydrogen) atoms. The summed E-state index contributed by atoms with van der Waals surface area (Å²) in [7, 11) is 1.17. The number of aromatic nitrogens is 2. The standard InChI is InChI=1S/C17H18F3N3O5S/c1-4-7-28-15(25)12-9(2)13(16(26)27-3)29-14(12)21-11(24)8-23-6-5-10(22-23)17(18,19)20/h5-6H,4,7-8H2,1-3H3,(H,21,24). The van der Waals surface area contributed by atoms with E-state index < -0.39 is 36.3 Å². The molecule has 0 saturated heterocycles. The van der Waals surface area contributed by atoms with Crippen LogP contribution in [-0.2, 0) is 27.0 Å². The summed E-state index contributed by atoms with van der Waals surface area (Å²) in [5.41, 5.74) is -0.862. The van der Waals surface area contributed by atoms with Gasteiger partial charge in [-0.1, -0.05) is 6.92 Å². The number of esters is 2. The van der Waals surface area contributed by atoms with Gasteiger partial charge in [0.15, 0.2) is 5.69 Å². The smallest absolute Gasteiger partial charge is 0.435 e. The third-order valence-electron chi connectivity index (χ3n) is 3.65. The number of ether oxygens (including phenoxy) is 2. The van der Waals surface area contributed by atoms with Crippen LogP contribution >= 0.6 is 11.3 Å². The molecule has 0 aliphatic carbocycles. The molecule has 0 aliphatic rings. The van der Waals surface area contributed by atoms with Crippen molar-refractivity contribution in [3.63, 3.8) is 0 Å². The highest BCUT2D eigenvalue weighted by atomic mass is 32.1. The molecule has 0 radical (unpaired) electrons. The van der Waals surface area contributed by atoms with Crippen molar-refractivity contribution in [2.75, 3.05) is 19.0 Å². The molecule has 0 aromatic carbocycles. The van der Waals surface area contributed by atoms with Gasteiger partial charge in [0, 0.05) is 6.20 Å². The minimum atomic E-state index is -4.63. The minimum Gasteiger partial charge on any atom is -0.465 e. The topological polar surface area (TPSA) is 99.5 Å². The molecule has 8 nitrogen and oxygen atoms in total. The second-order valence-corrected chi connectivity index (χ2v) is 6.85. The number of anilines is 1. The van der Waals surface area contributed by atoms with Crippen LogP contribution in [0.25, 0.3) is 0 Å². The van der Waals surface area contributed by atoms with E-state index in [-0.39, 0.29) is 27.6 Å². The van der Waals surface area contributed by atoms with Crippen LogP contribution in [0.3, 0.4) is 0 Å². The number of carbonyl (C=O) groups is 3. The molecule has 2 aromatic rings. The average Bonchev–Trinajstić information content (AvgIpc) is 3.23. The van der Waals surface area contributed by atoms with Crippen molar-refractivity contribution in [2.45, 2.75) is 33.0 Å². The molecule has 1 N–H and O–H groups in total. The first-order valence-electron chi connectivity index (χ1n) is 8.37. The number of methoxy groups -OCH3 is 1. The van der Waals surface area contributed by atoms with E-state index in [1.807, 2.05) is 0 Å². The maximum absolute atomic E-state index is 12.6. The molecular weight excluding hydrogens is 415 g/mol. The summed E-state index contributed by atoms with van der Waals surface area (Å²) in [5.74, 6) is -2.16. The fraction of sp³-hybridized carbons (Fsp3) is 0.412. The Morgan fingerprint density at radius 1 is 1.28 bits per heavy atom. The Kier molecular flexibility index (Phi) is 7.01. The third kappa shape index (κ3) is 5.34. The van der Waals surface area contributed by atoms with E-state index in [4.69, 9.17) is 4.74 Å². The van der Waals surface area contributed by atoms with Crippen molar-refractivity contribution in [1.29, 1.82) is 0 Å². The van der Waals surface area contributed by atoms with E-state index in [9.17, 15) is 27.6 Å². The lowest BCUT2D eigenvalue weighted by Gasteiger charge is -2.08. The lowest BCUT2D eigenvalue weighted by atomic mass is 10.1. The summed E-state index contributed by atoms with van der Waals surface area (Å²) in [6.07, 6.45) is -3.04. The van der Waals surface area contributed by atoms with Crippen molar-refractivity contribution in [3.8, 4) is 0 Å². The molecule has 0 bridgehead atoms. The van der Waals surface area contributed by atoms with Crippen LogP contribution in [0.2, 0.25) is 0 Å². The lowest BCUT2D eigenvalue weighted by Crippen LogP contribution is -2.21. The van der Waals surface area contributed by atoms with Crippen molar-refractivity contribution in [1.82, 2.24) is 9.78 Å². The van der Waals surface area contributed by atoms with Crippen molar-refractivity contribution in [2.24, 2.45) is 0 Å². The van der Waals surface area contributed by atoms with Crippen LogP contribution < -0.4 is 5.32 Å². The van der Waals surface area contributed by atoms with Gasteiger partial charge in [0.2, 0.25) is 5.91 Å². The van der Waals surface area contributed by atoms with Crippen LogP contribution in [0, 0.1) is 6.92 Å². The van der Waals surface area contributed by atoms with E-state index in [1.54, 1.807) is 6.92 Å². The predicted octanol–water partition coefficient (Wildman–Crippen LogP) is 3.26. The lowest BCUT2D eigenvalue weighted by molar-refractivity contribution is -0.141. The van der Waals surface area contributed by atoms with Gasteiger partial charge in [-0.2, -0.15) is 18.3 Å². The minimum absolute atomic E-state index is 0.00588. The van der Waals surface area contributed by atoms with E-state index in [2.05, 4.69) is 15.2 Å². The number of rotatable bonds is 7. The van der Waals surface area contributed by atoms with Gasteiger partial charge in [0.05, 0.1) is 19.3 Å². The van der Waals surface area contributed by atoms with Crippen LogP contribution in [0.4, 0.5) is 18.2 Å². The number of nitrogens with one attached hydrogen (secondary N) is 1. The quantitative estimate of drug-likeness (QED) is 0.673. The predicted molar refractivity (Wildman–Crippen MR) is 96.8 cm³/mol. The zero-order valence-corrected chi connectivity index (χ0v) is 16.6. The summed E-state index contributed by atoms with van der Waals surface area (Å²) in [4.78, 5) is 36.7. The van der Waals surface area contributed by atoms with Crippen LogP contribution in [0.5, 0.6) is 0 Å². The van der Waals surface area contributed by atoms with Crippen LogP contribution in [-0.4, -0.2) is 41.3 Å². The molecule has 0 aliphatic heterocycles. The summed E-state index contributed by atoms with van der Waals surface area (Å²) < 4.78 is 48.4. The van der Waals surface area contributed by atoms with Crippen molar-refractivity contribution in [3.05, 3.63) is 34.0 Å². The van der Waals surface area contributed by atoms with Gasteiger partial charge in [-0.15, -0.1) is 11.3 Å². The van der Waals surface area contributed by atoms with Gasteiger partial charge in [-0.05, 0) is 25.0 Å².